The van der Waals surface area contributed by atoms with Gasteiger partial charge in [0.2, 0.25) is 5.91 Å². The highest BCUT2D eigenvalue weighted by atomic mass is 32.1. The molecule has 0 heterocycles. The van der Waals surface area contributed by atoms with Crippen LogP contribution < -0.4 is 11.1 Å². The molecule has 1 aromatic carbocycles. The van der Waals surface area contributed by atoms with Gasteiger partial charge in [0, 0.05) is 11.5 Å². The fourth-order valence-electron chi connectivity index (χ4n) is 2.55. The second-order valence-corrected chi connectivity index (χ2v) is 5.68. The van der Waals surface area contributed by atoms with Crippen molar-refractivity contribution in [2.45, 2.75) is 38.5 Å². The molecule has 1 aliphatic rings. The number of carbonyl (C=O) groups excluding carboxylic acids is 1. The molecule has 0 bridgehead atoms. The van der Waals surface area contributed by atoms with Crippen LogP contribution >= 0.6 is 12.2 Å². The Bertz CT molecular complexity index is 511. The number of benzene rings is 1. The summed E-state index contributed by atoms with van der Waals surface area (Å²) in [6.07, 6.45) is 6.28. The molecule has 0 aromatic heterocycles. The highest BCUT2D eigenvalue weighted by molar-refractivity contribution is 7.80. The quantitative estimate of drug-likeness (QED) is 0.664. The number of hydrogen-bond donors (Lipinski definition) is 2. The summed E-state index contributed by atoms with van der Waals surface area (Å²) >= 11 is 4.79. The zero-order valence-corrected chi connectivity index (χ0v) is 12.1. The topological polar surface area (TPSA) is 55.1 Å². The molecule has 0 unspecified atom stereocenters. The Morgan fingerprint density at radius 2 is 1.90 bits per heavy atom. The van der Waals surface area contributed by atoms with E-state index in [-0.39, 0.29) is 22.5 Å². The highest BCUT2D eigenvalue weighted by Crippen LogP contribution is 2.25. The van der Waals surface area contributed by atoms with Crippen LogP contribution in [-0.2, 0) is 4.79 Å². The van der Waals surface area contributed by atoms with Crippen molar-refractivity contribution in [2.24, 2.45) is 11.7 Å². The maximum Gasteiger partial charge on any atom is 0.227 e. The van der Waals surface area contributed by atoms with Gasteiger partial charge in [-0.3, -0.25) is 4.79 Å². The normalized spacial score (nSPS) is 16.4. The lowest BCUT2D eigenvalue weighted by Gasteiger charge is -2.14. The largest absolute Gasteiger partial charge is 0.389 e. The third-order valence-electron chi connectivity index (χ3n) is 3.74. The Morgan fingerprint density at radius 1 is 1.25 bits per heavy atom. The average molecular weight is 294 g/mol. The van der Waals surface area contributed by atoms with E-state index in [1.807, 2.05) is 0 Å². The molecule has 1 aliphatic carbocycles. The van der Waals surface area contributed by atoms with Crippen LogP contribution in [0.15, 0.2) is 18.2 Å². The van der Waals surface area contributed by atoms with E-state index >= 15 is 0 Å². The molecule has 3 N–H and O–H groups in total. The van der Waals surface area contributed by atoms with Gasteiger partial charge in [-0.1, -0.05) is 37.9 Å². The van der Waals surface area contributed by atoms with Crippen LogP contribution in [0.2, 0.25) is 0 Å². The lowest BCUT2D eigenvalue weighted by Crippen LogP contribution is -2.23. The Kier molecular flexibility index (Phi) is 5.06. The van der Waals surface area contributed by atoms with E-state index in [1.54, 1.807) is 6.07 Å². The van der Waals surface area contributed by atoms with Crippen molar-refractivity contribution in [2.75, 3.05) is 5.32 Å². The van der Waals surface area contributed by atoms with Gasteiger partial charge in [-0.05, 0) is 31.0 Å². The molecule has 0 atom stereocenters. The number of nitrogens with two attached hydrogens (primary N) is 1. The molecule has 3 nitrogen and oxygen atoms in total. The molecule has 0 radical (unpaired) electrons. The molecule has 20 heavy (non-hydrogen) atoms. The first-order valence-electron chi connectivity index (χ1n) is 6.98. The summed E-state index contributed by atoms with van der Waals surface area (Å²) in [5, 5.41) is 2.68. The minimum Gasteiger partial charge on any atom is -0.389 e. The summed E-state index contributed by atoms with van der Waals surface area (Å²) in [5.74, 6) is -0.599. The Labute approximate surface area is 123 Å². The number of rotatable bonds is 3. The number of thiocarbonyl (C=S) groups is 1. The summed E-state index contributed by atoms with van der Waals surface area (Å²) in [6, 6.07) is 4.39. The van der Waals surface area contributed by atoms with Crippen molar-refractivity contribution < 1.29 is 9.18 Å². The molecular formula is C15H19FN2OS. The molecule has 5 heteroatoms. The Morgan fingerprint density at radius 3 is 2.45 bits per heavy atom. The van der Waals surface area contributed by atoms with Crippen molar-refractivity contribution in [3.63, 3.8) is 0 Å². The summed E-state index contributed by atoms with van der Waals surface area (Å²) in [5.41, 5.74) is 6.10. The van der Waals surface area contributed by atoms with Crippen LogP contribution in [0.3, 0.4) is 0 Å². The third-order valence-corrected chi connectivity index (χ3v) is 3.97. The summed E-state index contributed by atoms with van der Waals surface area (Å²) in [6.45, 7) is 0. The van der Waals surface area contributed by atoms with E-state index in [2.05, 4.69) is 5.32 Å². The summed E-state index contributed by atoms with van der Waals surface area (Å²) in [4.78, 5) is 12.3. The maximum atomic E-state index is 13.9. The molecule has 1 fully saturated rings. The number of nitrogens with one attached hydrogen (secondary N) is 1. The van der Waals surface area contributed by atoms with E-state index in [1.165, 1.54) is 25.0 Å². The van der Waals surface area contributed by atoms with Crippen LogP contribution in [0.4, 0.5) is 10.1 Å². The van der Waals surface area contributed by atoms with Crippen LogP contribution in [0.5, 0.6) is 0 Å². The molecule has 0 aliphatic heterocycles. The first kappa shape index (κ1) is 14.9. The Hall–Kier alpha value is -1.49. The number of carbonyl (C=O) groups is 1. The van der Waals surface area contributed by atoms with Gasteiger partial charge in [-0.25, -0.2) is 4.39 Å². The molecule has 1 aromatic rings. The minimum absolute atomic E-state index is 0.00726. The number of amides is 1. The standard InChI is InChI=1S/C15H19FN2OS/c16-12-9-11(14(17)20)7-8-13(12)18-15(19)10-5-3-1-2-4-6-10/h7-10H,1-6H2,(H2,17,20)(H,18,19). The molecule has 0 saturated heterocycles. The number of halogens is 1. The van der Waals surface area contributed by atoms with Crippen molar-refractivity contribution in [3.05, 3.63) is 29.6 Å². The predicted octanol–water partition coefficient (Wildman–Crippen LogP) is 3.37. The van der Waals surface area contributed by atoms with Crippen molar-refractivity contribution in [3.8, 4) is 0 Å². The predicted molar refractivity (Wildman–Crippen MR) is 82.1 cm³/mol. The van der Waals surface area contributed by atoms with Crippen LogP contribution in [0, 0.1) is 11.7 Å². The fourth-order valence-corrected chi connectivity index (χ4v) is 2.67. The molecule has 0 spiro atoms. The van der Waals surface area contributed by atoms with E-state index in [9.17, 15) is 9.18 Å². The lowest BCUT2D eigenvalue weighted by molar-refractivity contribution is -0.120. The Balaban J connectivity index is 2.05. The third kappa shape index (κ3) is 3.76. The van der Waals surface area contributed by atoms with E-state index < -0.39 is 5.82 Å². The molecular weight excluding hydrogens is 275 g/mol. The van der Waals surface area contributed by atoms with Gasteiger partial charge in [-0.15, -0.1) is 0 Å². The number of hydrogen-bond acceptors (Lipinski definition) is 2. The molecule has 1 amide bonds. The van der Waals surface area contributed by atoms with Gasteiger partial charge >= 0.3 is 0 Å². The van der Waals surface area contributed by atoms with Gasteiger partial charge in [0.1, 0.15) is 10.8 Å². The monoisotopic (exact) mass is 294 g/mol. The minimum atomic E-state index is -0.503. The van der Waals surface area contributed by atoms with Gasteiger partial charge in [-0.2, -0.15) is 0 Å². The summed E-state index contributed by atoms with van der Waals surface area (Å²) in [7, 11) is 0. The zero-order chi connectivity index (χ0) is 14.5. The molecule has 2 rings (SSSR count). The SMILES string of the molecule is NC(=S)c1ccc(NC(=O)C2CCCCCC2)c(F)c1. The van der Waals surface area contributed by atoms with Gasteiger partial charge in [0.15, 0.2) is 0 Å². The van der Waals surface area contributed by atoms with Crippen LogP contribution in [0.25, 0.3) is 0 Å². The zero-order valence-electron chi connectivity index (χ0n) is 11.3. The summed E-state index contributed by atoms with van der Waals surface area (Å²) < 4.78 is 13.9. The van der Waals surface area contributed by atoms with E-state index in [0.29, 0.717) is 5.56 Å². The molecule has 108 valence electrons. The van der Waals surface area contributed by atoms with Crippen molar-refractivity contribution in [1.82, 2.24) is 0 Å². The maximum absolute atomic E-state index is 13.9. The lowest BCUT2D eigenvalue weighted by atomic mass is 9.99. The number of anilines is 1. The van der Waals surface area contributed by atoms with Gasteiger partial charge < -0.3 is 11.1 Å². The second kappa shape index (κ2) is 6.79. The fraction of sp³-hybridized carbons (Fsp3) is 0.467. The van der Waals surface area contributed by atoms with Gasteiger partial charge in [0.05, 0.1) is 5.69 Å². The van der Waals surface area contributed by atoms with Crippen LogP contribution in [-0.4, -0.2) is 10.9 Å². The van der Waals surface area contributed by atoms with Crippen molar-refractivity contribution in [1.29, 1.82) is 0 Å². The van der Waals surface area contributed by atoms with Crippen molar-refractivity contribution >= 4 is 28.8 Å². The average Bonchev–Trinajstić information content (AvgIpc) is 2.69. The van der Waals surface area contributed by atoms with Crippen LogP contribution in [0.1, 0.15) is 44.1 Å². The van der Waals surface area contributed by atoms with E-state index in [0.717, 1.165) is 25.7 Å². The smallest absolute Gasteiger partial charge is 0.227 e. The second-order valence-electron chi connectivity index (χ2n) is 5.24. The highest BCUT2D eigenvalue weighted by Gasteiger charge is 2.21. The first-order chi connectivity index (χ1) is 9.58. The van der Waals surface area contributed by atoms with E-state index in [4.69, 9.17) is 18.0 Å². The van der Waals surface area contributed by atoms with Gasteiger partial charge in [0.25, 0.3) is 0 Å². The first-order valence-corrected chi connectivity index (χ1v) is 7.39. The molecule has 1 saturated carbocycles.